The zero-order valence-electron chi connectivity index (χ0n) is 12.1. The van der Waals surface area contributed by atoms with Crippen molar-refractivity contribution in [3.05, 3.63) is 53.0 Å². The lowest BCUT2D eigenvalue weighted by atomic mass is 10.3. The summed E-state index contributed by atoms with van der Waals surface area (Å²) in [5, 5.41) is 25.0. The van der Waals surface area contributed by atoms with Gasteiger partial charge in [0.25, 0.3) is 0 Å². The van der Waals surface area contributed by atoms with Gasteiger partial charge in [-0.25, -0.2) is 0 Å². The number of aliphatic hydroxyl groups excluding tert-OH is 3. The molecule has 0 fully saturated rings. The van der Waals surface area contributed by atoms with Crippen LogP contribution >= 0.6 is 27.7 Å². The highest BCUT2D eigenvalue weighted by atomic mass is 79.9. The van der Waals surface area contributed by atoms with Crippen LogP contribution in [0.3, 0.4) is 0 Å². The van der Waals surface area contributed by atoms with Gasteiger partial charge in [-0.3, -0.25) is 0 Å². The summed E-state index contributed by atoms with van der Waals surface area (Å²) in [6.45, 7) is -0.236. The van der Waals surface area contributed by atoms with Crippen LogP contribution in [0.15, 0.2) is 62.8 Å². The molecule has 0 spiro atoms. The molecule has 0 heterocycles. The molecule has 2 rings (SSSR count). The van der Waals surface area contributed by atoms with Gasteiger partial charge in [0, 0.05) is 16.9 Å². The first-order chi connectivity index (χ1) is 10.7. The van der Waals surface area contributed by atoms with Crippen LogP contribution in [0, 0.1) is 0 Å². The van der Waals surface area contributed by atoms with E-state index in [1.165, 1.54) is 4.90 Å². The molecule has 6 heteroatoms. The third-order valence-electron chi connectivity index (χ3n) is 2.52. The second-order valence-electron chi connectivity index (χ2n) is 4.15. The summed E-state index contributed by atoms with van der Waals surface area (Å²) < 4.78 is 6.25. The van der Waals surface area contributed by atoms with E-state index in [4.69, 9.17) is 14.9 Å². The fourth-order valence-electron chi connectivity index (χ4n) is 1.53. The van der Waals surface area contributed by atoms with Crippen molar-refractivity contribution >= 4 is 27.7 Å². The van der Waals surface area contributed by atoms with Crippen LogP contribution in [-0.4, -0.2) is 41.7 Å². The molecule has 0 unspecified atom stereocenters. The van der Waals surface area contributed by atoms with Crippen molar-refractivity contribution in [2.75, 3.05) is 20.3 Å². The molecule has 0 saturated heterocycles. The normalized spacial score (nSPS) is 11.3. The number of halogens is 1. The maximum absolute atomic E-state index is 9.27. The molecule has 3 N–H and O–H groups in total. The number of benzene rings is 2. The summed E-state index contributed by atoms with van der Waals surface area (Å²) >= 11 is 5.11. The predicted octanol–water partition coefficient (Wildman–Crippen LogP) is 2.94. The third-order valence-corrected chi connectivity index (χ3v) is 4.14. The van der Waals surface area contributed by atoms with Crippen molar-refractivity contribution in [3.8, 4) is 5.75 Å². The molecular formula is C16H19BrO4S. The first-order valence-corrected chi connectivity index (χ1v) is 8.19. The van der Waals surface area contributed by atoms with Crippen LogP contribution in [0.5, 0.6) is 5.75 Å². The standard InChI is InChI=1S/C15H15BrO3S.CH4O/c16-14-8-13(20-12-4-2-1-3-5-12)6-7-15(14)19-10-11(18)9-17;1-2/h1-8,11,17-18H,9-10H2;2H,1H3/t11-;/m1./s1. The fraction of sp³-hybridized carbons (Fsp3) is 0.250. The number of hydrogen-bond acceptors (Lipinski definition) is 5. The molecule has 0 aliphatic heterocycles. The van der Waals surface area contributed by atoms with Crippen molar-refractivity contribution in [2.24, 2.45) is 0 Å². The molecule has 0 aliphatic rings. The molecular weight excluding hydrogens is 368 g/mol. The molecule has 0 bridgehead atoms. The average Bonchev–Trinajstić information content (AvgIpc) is 2.56. The van der Waals surface area contributed by atoms with Crippen molar-refractivity contribution in [2.45, 2.75) is 15.9 Å². The average molecular weight is 387 g/mol. The van der Waals surface area contributed by atoms with Crippen LogP contribution in [0.4, 0.5) is 0 Å². The van der Waals surface area contributed by atoms with Crippen molar-refractivity contribution < 1.29 is 20.1 Å². The summed E-state index contributed by atoms with van der Waals surface area (Å²) in [6.07, 6.45) is -0.861. The number of ether oxygens (including phenoxy) is 1. The minimum Gasteiger partial charge on any atom is -0.490 e. The van der Waals surface area contributed by atoms with Crippen molar-refractivity contribution in [3.63, 3.8) is 0 Å². The van der Waals surface area contributed by atoms with Crippen LogP contribution in [0.1, 0.15) is 0 Å². The maximum Gasteiger partial charge on any atom is 0.133 e. The zero-order chi connectivity index (χ0) is 16.4. The molecule has 0 saturated carbocycles. The smallest absolute Gasteiger partial charge is 0.133 e. The van der Waals surface area contributed by atoms with Gasteiger partial charge >= 0.3 is 0 Å². The van der Waals surface area contributed by atoms with E-state index in [-0.39, 0.29) is 13.2 Å². The van der Waals surface area contributed by atoms with Gasteiger partial charge in [0.05, 0.1) is 11.1 Å². The Morgan fingerprint density at radius 3 is 2.36 bits per heavy atom. The minimum absolute atomic E-state index is 0.0697. The van der Waals surface area contributed by atoms with Crippen LogP contribution in [-0.2, 0) is 0 Å². The van der Waals surface area contributed by atoms with Gasteiger partial charge in [0.2, 0.25) is 0 Å². The third kappa shape index (κ3) is 6.37. The van der Waals surface area contributed by atoms with E-state index < -0.39 is 6.10 Å². The molecule has 1 atom stereocenters. The predicted molar refractivity (Wildman–Crippen MR) is 91.4 cm³/mol. The summed E-state index contributed by atoms with van der Waals surface area (Å²) in [4.78, 5) is 2.27. The zero-order valence-corrected chi connectivity index (χ0v) is 14.5. The van der Waals surface area contributed by atoms with E-state index in [2.05, 4.69) is 28.1 Å². The van der Waals surface area contributed by atoms with Gasteiger partial charge in [-0.2, -0.15) is 0 Å². The number of aliphatic hydroxyl groups is 3. The molecule has 4 nitrogen and oxygen atoms in total. The van der Waals surface area contributed by atoms with Crippen LogP contribution in [0.25, 0.3) is 0 Å². The first-order valence-electron chi connectivity index (χ1n) is 6.58. The van der Waals surface area contributed by atoms with Gasteiger partial charge in [0.15, 0.2) is 0 Å². The molecule has 0 aromatic heterocycles. The number of hydrogen-bond donors (Lipinski definition) is 3. The largest absolute Gasteiger partial charge is 0.490 e. The molecule has 22 heavy (non-hydrogen) atoms. The van der Waals surface area contributed by atoms with E-state index in [1.54, 1.807) is 11.8 Å². The Bertz CT molecular complexity index is 551. The lowest BCUT2D eigenvalue weighted by Crippen LogP contribution is -2.21. The van der Waals surface area contributed by atoms with E-state index in [9.17, 15) is 5.11 Å². The highest BCUT2D eigenvalue weighted by Crippen LogP contribution is 2.33. The molecule has 2 aromatic rings. The van der Waals surface area contributed by atoms with E-state index >= 15 is 0 Å². The number of rotatable bonds is 6. The Hall–Kier alpha value is -1.05. The Labute approximate surface area is 142 Å². The van der Waals surface area contributed by atoms with Gasteiger partial charge in [-0.15, -0.1) is 0 Å². The fourth-order valence-corrected chi connectivity index (χ4v) is 3.05. The molecule has 0 radical (unpaired) electrons. The lowest BCUT2D eigenvalue weighted by molar-refractivity contribution is 0.0533. The molecule has 0 amide bonds. The van der Waals surface area contributed by atoms with Crippen molar-refractivity contribution in [1.29, 1.82) is 0 Å². The highest BCUT2D eigenvalue weighted by molar-refractivity contribution is 9.10. The van der Waals surface area contributed by atoms with Crippen LogP contribution in [0.2, 0.25) is 0 Å². The quantitative estimate of drug-likeness (QED) is 0.711. The van der Waals surface area contributed by atoms with E-state index in [0.29, 0.717) is 5.75 Å². The Kier molecular flexibility index (Phi) is 9.19. The van der Waals surface area contributed by atoms with E-state index in [1.807, 2.05) is 36.4 Å². The van der Waals surface area contributed by atoms with Gasteiger partial charge < -0.3 is 20.1 Å². The first kappa shape index (κ1) is 19.0. The molecule has 2 aromatic carbocycles. The molecule has 0 aliphatic carbocycles. The highest BCUT2D eigenvalue weighted by Gasteiger charge is 2.07. The molecule has 120 valence electrons. The summed E-state index contributed by atoms with van der Waals surface area (Å²) in [5.41, 5.74) is 0. The van der Waals surface area contributed by atoms with Gasteiger partial charge in [-0.05, 0) is 46.3 Å². The Morgan fingerprint density at radius 1 is 1.09 bits per heavy atom. The second-order valence-corrected chi connectivity index (χ2v) is 6.16. The monoisotopic (exact) mass is 386 g/mol. The Balaban J connectivity index is 0.00000116. The summed E-state index contributed by atoms with van der Waals surface area (Å²) in [5.74, 6) is 0.648. The minimum atomic E-state index is -0.861. The van der Waals surface area contributed by atoms with Gasteiger partial charge in [0.1, 0.15) is 18.5 Å². The Morgan fingerprint density at radius 2 is 1.77 bits per heavy atom. The van der Waals surface area contributed by atoms with E-state index in [0.717, 1.165) is 16.5 Å². The van der Waals surface area contributed by atoms with Crippen LogP contribution < -0.4 is 4.74 Å². The van der Waals surface area contributed by atoms with Crippen molar-refractivity contribution in [1.82, 2.24) is 0 Å². The SMILES string of the molecule is CO.OC[C@@H](O)COc1ccc(Sc2ccccc2)cc1Br. The summed E-state index contributed by atoms with van der Waals surface area (Å²) in [6, 6.07) is 15.9. The topological polar surface area (TPSA) is 69.9 Å². The lowest BCUT2D eigenvalue weighted by Gasteiger charge is -2.12. The van der Waals surface area contributed by atoms with Gasteiger partial charge in [-0.1, -0.05) is 30.0 Å². The maximum atomic E-state index is 9.27. The summed E-state index contributed by atoms with van der Waals surface area (Å²) in [7, 11) is 1.00. The second kappa shape index (κ2) is 10.6.